The van der Waals surface area contributed by atoms with Gasteiger partial charge in [0.1, 0.15) is 0 Å². The molecular weight excluding hydrogens is 315 g/mol. The van der Waals surface area contributed by atoms with Gasteiger partial charge >= 0.3 is 0 Å². The molecule has 0 saturated carbocycles. The largest absolute Gasteiger partial charge is 0.289 e. The van der Waals surface area contributed by atoms with Gasteiger partial charge < -0.3 is 0 Å². The molecule has 104 valence electrons. The molecule has 20 heavy (non-hydrogen) atoms. The molecule has 0 aromatic heterocycles. The van der Waals surface area contributed by atoms with Crippen LogP contribution >= 0.6 is 35.6 Å². The molecular formula is C16H13Cl3O. The normalized spacial score (nSPS) is 10.8. The van der Waals surface area contributed by atoms with Crippen LogP contribution in [0.3, 0.4) is 0 Å². The highest BCUT2D eigenvalue weighted by atomic mass is 35.5. The van der Waals surface area contributed by atoms with Crippen LogP contribution in [0.4, 0.5) is 0 Å². The first-order chi connectivity index (χ1) is 9.06. The van der Waals surface area contributed by atoms with Gasteiger partial charge in [-0.05, 0) is 60.5 Å². The second-order valence-electron chi connectivity index (χ2n) is 4.21. The van der Waals surface area contributed by atoms with E-state index < -0.39 is 0 Å². The van der Waals surface area contributed by atoms with Crippen molar-refractivity contribution in [2.24, 2.45) is 0 Å². The third-order valence-corrected chi connectivity index (χ3v) is 3.28. The molecule has 0 heterocycles. The lowest BCUT2D eigenvalue weighted by molar-refractivity contribution is 0.104. The molecule has 1 nitrogen and oxygen atoms in total. The van der Waals surface area contributed by atoms with E-state index in [1.54, 1.807) is 42.5 Å². The van der Waals surface area contributed by atoms with Crippen LogP contribution in [0.5, 0.6) is 0 Å². The maximum absolute atomic E-state index is 12.1. The van der Waals surface area contributed by atoms with Gasteiger partial charge in [-0.3, -0.25) is 4.79 Å². The molecule has 0 amide bonds. The lowest BCUT2D eigenvalue weighted by Gasteiger charge is -2.02. The summed E-state index contributed by atoms with van der Waals surface area (Å²) in [6.45, 7) is 1.90. The van der Waals surface area contributed by atoms with Crippen molar-refractivity contribution in [3.63, 3.8) is 0 Å². The van der Waals surface area contributed by atoms with Crippen molar-refractivity contribution in [3.8, 4) is 0 Å². The summed E-state index contributed by atoms with van der Waals surface area (Å²) in [5, 5.41) is 1.30. The fourth-order valence-corrected chi connectivity index (χ4v) is 1.94. The summed E-state index contributed by atoms with van der Waals surface area (Å²) in [4.78, 5) is 12.1. The van der Waals surface area contributed by atoms with Crippen LogP contribution in [0, 0.1) is 0 Å². The molecule has 0 spiro atoms. The maximum atomic E-state index is 12.1. The van der Waals surface area contributed by atoms with Crippen molar-refractivity contribution >= 4 is 47.0 Å². The SMILES string of the molecule is C/C(=C\C(=O)c1ccc(Cl)cc1)c1ccc(Cl)cc1.Cl. The van der Waals surface area contributed by atoms with Gasteiger partial charge in [0.15, 0.2) is 5.78 Å². The van der Waals surface area contributed by atoms with Gasteiger partial charge in [0.25, 0.3) is 0 Å². The Hall–Kier alpha value is -1.28. The smallest absolute Gasteiger partial charge is 0.186 e. The van der Waals surface area contributed by atoms with E-state index >= 15 is 0 Å². The molecule has 0 aliphatic carbocycles. The van der Waals surface area contributed by atoms with E-state index in [1.165, 1.54) is 0 Å². The minimum absolute atomic E-state index is 0. The Kier molecular flexibility index (Phi) is 6.28. The molecule has 0 saturated heterocycles. The number of benzene rings is 2. The summed E-state index contributed by atoms with van der Waals surface area (Å²) >= 11 is 11.6. The van der Waals surface area contributed by atoms with Gasteiger partial charge in [-0.15, -0.1) is 12.4 Å². The quantitative estimate of drug-likeness (QED) is 0.522. The number of rotatable bonds is 3. The van der Waals surface area contributed by atoms with E-state index in [9.17, 15) is 4.79 Å². The monoisotopic (exact) mass is 326 g/mol. The fourth-order valence-electron chi connectivity index (χ4n) is 1.69. The Morgan fingerprint density at radius 3 is 1.70 bits per heavy atom. The lowest BCUT2D eigenvalue weighted by atomic mass is 10.0. The highest BCUT2D eigenvalue weighted by Crippen LogP contribution is 2.18. The Balaban J connectivity index is 0.00000200. The van der Waals surface area contributed by atoms with Crippen LogP contribution in [0.25, 0.3) is 5.57 Å². The predicted octanol–water partition coefficient (Wildman–Crippen LogP) is 5.70. The molecule has 0 N–H and O–H groups in total. The summed E-state index contributed by atoms with van der Waals surface area (Å²) in [5.41, 5.74) is 2.50. The average Bonchev–Trinajstić information content (AvgIpc) is 2.40. The fraction of sp³-hybridized carbons (Fsp3) is 0.0625. The standard InChI is InChI=1S/C16H12Cl2O.ClH/c1-11(12-2-6-14(17)7-3-12)10-16(19)13-4-8-15(18)9-5-13;/h2-10H,1H3;1H/b11-10+;. The van der Waals surface area contributed by atoms with Crippen LogP contribution < -0.4 is 0 Å². The first kappa shape index (κ1) is 16.8. The van der Waals surface area contributed by atoms with Crippen LogP contribution in [0.1, 0.15) is 22.8 Å². The Morgan fingerprint density at radius 1 is 0.850 bits per heavy atom. The third-order valence-electron chi connectivity index (χ3n) is 2.78. The van der Waals surface area contributed by atoms with Gasteiger partial charge in [-0.1, -0.05) is 35.3 Å². The molecule has 0 radical (unpaired) electrons. The molecule has 0 fully saturated rings. The molecule has 2 rings (SSSR count). The van der Waals surface area contributed by atoms with E-state index in [1.807, 2.05) is 19.1 Å². The number of ketones is 1. The molecule has 0 unspecified atom stereocenters. The van der Waals surface area contributed by atoms with Crippen LogP contribution in [-0.4, -0.2) is 5.78 Å². The summed E-state index contributed by atoms with van der Waals surface area (Å²) in [5.74, 6) is -0.0379. The second kappa shape index (κ2) is 7.49. The molecule has 4 heteroatoms. The molecule has 2 aromatic carbocycles. The zero-order chi connectivity index (χ0) is 13.8. The van der Waals surface area contributed by atoms with Gasteiger partial charge in [-0.25, -0.2) is 0 Å². The van der Waals surface area contributed by atoms with Crippen LogP contribution in [-0.2, 0) is 0 Å². The van der Waals surface area contributed by atoms with E-state index in [0.29, 0.717) is 15.6 Å². The van der Waals surface area contributed by atoms with E-state index in [0.717, 1.165) is 11.1 Å². The number of carbonyl (C=O) groups excluding carboxylic acids is 1. The maximum Gasteiger partial charge on any atom is 0.186 e. The molecule has 0 aliphatic rings. The minimum atomic E-state index is -0.0379. The van der Waals surface area contributed by atoms with Crippen LogP contribution in [0.2, 0.25) is 10.0 Å². The van der Waals surface area contributed by atoms with E-state index in [4.69, 9.17) is 23.2 Å². The van der Waals surface area contributed by atoms with Crippen molar-refractivity contribution in [2.45, 2.75) is 6.92 Å². The van der Waals surface area contributed by atoms with Crippen molar-refractivity contribution < 1.29 is 4.79 Å². The average molecular weight is 328 g/mol. The second-order valence-corrected chi connectivity index (χ2v) is 5.08. The summed E-state index contributed by atoms with van der Waals surface area (Å²) in [6.07, 6.45) is 1.62. The lowest BCUT2D eigenvalue weighted by Crippen LogP contribution is -1.95. The summed E-state index contributed by atoms with van der Waals surface area (Å²) in [7, 11) is 0. The summed E-state index contributed by atoms with van der Waals surface area (Å²) < 4.78 is 0. The highest BCUT2D eigenvalue weighted by molar-refractivity contribution is 6.31. The van der Waals surface area contributed by atoms with Crippen molar-refractivity contribution in [1.82, 2.24) is 0 Å². The summed E-state index contributed by atoms with van der Waals surface area (Å²) in [6, 6.07) is 14.3. The first-order valence-electron chi connectivity index (χ1n) is 5.80. The topological polar surface area (TPSA) is 17.1 Å². The Labute approximate surface area is 134 Å². The minimum Gasteiger partial charge on any atom is -0.289 e. The molecule has 0 bridgehead atoms. The van der Waals surface area contributed by atoms with E-state index in [-0.39, 0.29) is 18.2 Å². The van der Waals surface area contributed by atoms with Crippen molar-refractivity contribution in [3.05, 3.63) is 75.8 Å². The Morgan fingerprint density at radius 2 is 1.25 bits per heavy atom. The van der Waals surface area contributed by atoms with Crippen molar-refractivity contribution in [1.29, 1.82) is 0 Å². The Bertz CT molecular complexity index is 613. The number of carbonyl (C=O) groups is 1. The van der Waals surface area contributed by atoms with Crippen LogP contribution in [0.15, 0.2) is 54.6 Å². The number of allylic oxidation sites excluding steroid dienone is 2. The molecule has 0 atom stereocenters. The predicted molar refractivity (Wildman–Crippen MR) is 88.1 cm³/mol. The molecule has 0 aliphatic heterocycles. The third kappa shape index (κ3) is 4.38. The van der Waals surface area contributed by atoms with Gasteiger partial charge in [0.05, 0.1) is 0 Å². The first-order valence-corrected chi connectivity index (χ1v) is 6.56. The van der Waals surface area contributed by atoms with Gasteiger partial charge in [0, 0.05) is 15.6 Å². The number of hydrogen-bond acceptors (Lipinski definition) is 1. The zero-order valence-electron chi connectivity index (χ0n) is 10.8. The van der Waals surface area contributed by atoms with Gasteiger partial charge in [0.2, 0.25) is 0 Å². The zero-order valence-corrected chi connectivity index (χ0v) is 13.1. The number of halogens is 3. The van der Waals surface area contributed by atoms with Crippen molar-refractivity contribution in [2.75, 3.05) is 0 Å². The number of hydrogen-bond donors (Lipinski definition) is 0. The molecule has 2 aromatic rings. The van der Waals surface area contributed by atoms with Gasteiger partial charge in [-0.2, -0.15) is 0 Å². The van der Waals surface area contributed by atoms with E-state index in [2.05, 4.69) is 0 Å². The highest BCUT2D eigenvalue weighted by Gasteiger charge is 2.04.